The van der Waals surface area contributed by atoms with Gasteiger partial charge >= 0.3 is 5.97 Å². The summed E-state index contributed by atoms with van der Waals surface area (Å²) in [6.45, 7) is 0.201. The fourth-order valence-corrected chi connectivity index (χ4v) is 3.13. The average molecular weight is 342 g/mol. The minimum Gasteiger partial charge on any atom is -0.480 e. The number of benzene rings is 1. The Hall–Kier alpha value is -2.49. The van der Waals surface area contributed by atoms with Gasteiger partial charge in [0.2, 0.25) is 0 Å². The molecule has 2 rings (SSSR count). The van der Waals surface area contributed by atoms with Crippen LogP contribution in [0.1, 0.15) is 23.2 Å². The third kappa shape index (κ3) is 3.47. The van der Waals surface area contributed by atoms with Crippen LogP contribution < -0.4 is 0 Å². The number of carboxylic acids is 1. The van der Waals surface area contributed by atoms with Crippen LogP contribution in [0.3, 0.4) is 0 Å². The Morgan fingerprint density at radius 3 is 2.52 bits per heavy atom. The Bertz CT molecular complexity index is 788. The van der Waals surface area contributed by atoms with Gasteiger partial charge in [0.15, 0.2) is 9.84 Å². The molecule has 124 valence electrons. The number of non-ortho nitro benzene ring substituents is 1. The number of carbonyl (C=O) groups excluding carboxylic acids is 1. The summed E-state index contributed by atoms with van der Waals surface area (Å²) in [7, 11) is -3.76. The average Bonchev–Trinajstić information content (AvgIpc) is 2.94. The highest BCUT2D eigenvalue weighted by Gasteiger charge is 2.35. The number of carbonyl (C=O) groups is 2. The second-order valence-corrected chi connectivity index (χ2v) is 7.26. The topological polar surface area (TPSA) is 135 Å². The van der Waals surface area contributed by atoms with E-state index < -0.39 is 38.4 Å². The van der Waals surface area contributed by atoms with Gasteiger partial charge in [0.25, 0.3) is 11.6 Å². The molecule has 1 aromatic rings. The first-order valence-corrected chi connectivity index (χ1v) is 8.53. The van der Waals surface area contributed by atoms with Gasteiger partial charge < -0.3 is 10.0 Å². The highest BCUT2D eigenvalue weighted by atomic mass is 32.2. The van der Waals surface area contributed by atoms with Crippen LogP contribution in [-0.2, 0) is 14.6 Å². The van der Waals surface area contributed by atoms with Crippen molar-refractivity contribution in [1.29, 1.82) is 0 Å². The molecule has 0 aliphatic carbocycles. The number of carboxylic acid groups (broad SMARTS) is 1. The first kappa shape index (κ1) is 16.9. The van der Waals surface area contributed by atoms with Gasteiger partial charge in [0.05, 0.1) is 9.82 Å². The standard InChI is InChI=1S/C13H14N2O7S/c1-23(21,22)10-6-8(5-9(7-10)15(19)20)12(16)14-4-2-3-11(14)13(17)18/h5-7,11H,2-4H2,1H3,(H,17,18)/t11-/m0/s1. The van der Waals surface area contributed by atoms with Crippen molar-refractivity contribution in [2.75, 3.05) is 12.8 Å². The number of nitro groups is 1. The molecule has 1 fully saturated rings. The second-order valence-electron chi connectivity index (χ2n) is 5.24. The van der Waals surface area contributed by atoms with Crippen LogP contribution in [0.25, 0.3) is 0 Å². The lowest BCUT2D eigenvalue weighted by Crippen LogP contribution is -2.40. The molecule has 0 bridgehead atoms. The third-order valence-electron chi connectivity index (χ3n) is 3.58. The predicted molar refractivity (Wildman–Crippen MR) is 77.9 cm³/mol. The van der Waals surface area contributed by atoms with Crippen LogP contribution in [0.15, 0.2) is 23.1 Å². The SMILES string of the molecule is CS(=O)(=O)c1cc(C(=O)N2CCC[C@H]2C(=O)O)cc([N+](=O)[O-])c1. The van der Waals surface area contributed by atoms with Crippen molar-refractivity contribution < 1.29 is 28.0 Å². The van der Waals surface area contributed by atoms with E-state index in [1.165, 1.54) is 0 Å². The zero-order valence-electron chi connectivity index (χ0n) is 12.1. The summed E-state index contributed by atoms with van der Waals surface area (Å²) >= 11 is 0. The van der Waals surface area contributed by atoms with E-state index in [9.17, 15) is 28.1 Å². The van der Waals surface area contributed by atoms with E-state index >= 15 is 0 Å². The summed E-state index contributed by atoms with van der Waals surface area (Å²) in [5, 5.41) is 20.0. The van der Waals surface area contributed by atoms with Crippen LogP contribution in [0.2, 0.25) is 0 Å². The summed E-state index contributed by atoms with van der Waals surface area (Å²) < 4.78 is 23.3. The monoisotopic (exact) mass is 342 g/mol. The van der Waals surface area contributed by atoms with Crippen molar-refractivity contribution in [3.63, 3.8) is 0 Å². The van der Waals surface area contributed by atoms with Gasteiger partial charge in [-0.3, -0.25) is 14.9 Å². The number of rotatable bonds is 4. The molecular formula is C13H14N2O7S. The number of amides is 1. The molecule has 23 heavy (non-hydrogen) atoms. The minimum absolute atomic E-state index is 0.201. The summed E-state index contributed by atoms with van der Waals surface area (Å²) in [6.07, 6.45) is 1.65. The molecule has 1 heterocycles. The van der Waals surface area contributed by atoms with Crippen LogP contribution in [-0.4, -0.2) is 54.1 Å². The van der Waals surface area contributed by atoms with E-state index in [0.717, 1.165) is 29.4 Å². The Morgan fingerprint density at radius 2 is 2.00 bits per heavy atom. The molecule has 1 saturated heterocycles. The number of hydrogen-bond donors (Lipinski definition) is 1. The number of likely N-dealkylation sites (tertiary alicyclic amines) is 1. The number of nitrogens with zero attached hydrogens (tertiary/aromatic N) is 2. The third-order valence-corrected chi connectivity index (χ3v) is 4.67. The zero-order chi connectivity index (χ0) is 17.4. The molecule has 10 heteroatoms. The van der Waals surface area contributed by atoms with Crippen molar-refractivity contribution in [3.8, 4) is 0 Å². The van der Waals surface area contributed by atoms with E-state index in [2.05, 4.69) is 0 Å². The largest absolute Gasteiger partial charge is 0.480 e. The van der Waals surface area contributed by atoms with Gasteiger partial charge in [-0.2, -0.15) is 0 Å². The summed E-state index contributed by atoms with van der Waals surface area (Å²) in [4.78, 5) is 34.5. The summed E-state index contributed by atoms with van der Waals surface area (Å²) in [6, 6.07) is 1.84. The molecular weight excluding hydrogens is 328 g/mol. The van der Waals surface area contributed by atoms with Crippen LogP contribution >= 0.6 is 0 Å². The smallest absolute Gasteiger partial charge is 0.326 e. The molecule has 1 amide bonds. The van der Waals surface area contributed by atoms with Crippen molar-refractivity contribution in [1.82, 2.24) is 4.90 Å². The first-order valence-electron chi connectivity index (χ1n) is 6.64. The van der Waals surface area contributed by atoms with Crippen LogP contribution in [0.5, 0.6) is 0 Å². The molecule has 9 nitrogen and oxygen atoms in total. The highest BCUT2D eigenvalue weighted by Crippen LogP contribution is 2.25. The van der Waals surface area contributed by atoms with E-state index in [1.54, 1.807) is 0 Å². The summed E-state index contributed by atoms with van der Waals surface area (Å²) in [5.74, 6) is -1.90. The number of nitro benzene ring substituents is 1. The van der Waals surface area contributed by atoms with Crippen molar-refractivity contribution in [3.05, 3.63) is 33.9 Å². The maximum Gasteiger partial charge on any atom is 0.326 e. The van der Waals surface area contributed by atoms with Gasteiger partial charge in [-0.25, -0.2) is 13.2 Å². The molecule has 1 atom stereocenters. The van der Waals surface area contributed by atoms with Crippen LogP contribution in [0.4, 0.5) is 5.69 Å². The van der Waals surface area contributed by atoms with Crippen LogP contribution in [0, 0.1) is 10.1 Å². The highest BCUT2D eigenvalue weighted by molar-refractivity contribution is 7.90. The quantitative estimate of drug-likeness (QED) is 0.628. The fraction of sp³-hybridized carbons (Fsp3) is 0.385. The van der Waals surface area contributed by atoms with Crippen molar-refractivity contribution in [2.24, 2.45) is 0 Å². The Labute approximate surface area is 131 Å². The molecule has 0 unspecified atom stereocenters. The molecule has 1 aliphatic heterocycles. The first-order chi connectivity index (χ1) is 10.6. The predicted octanol–water partition coefficient (Wildman–Crippen LogP) is 0.688. The van der Waals surface area contributed by atoms with Crippen molar-refractivity contribution >= 4 is 27.4 Å². The van der Waals surface area contributed by atoms with Crippen molar-refractivity contribution in [2.45, 2.75) is 23.8 Å². The second kappa shape index (κ2) is 5.95. The molecule has 1 aliphatic rings. The number of aliphatic carboxylic acids is 1. The molecule has 0 radical (unpaired) electrons. The maximum atomic E-state index is 12.5. The number of sulfone groups is 1. The zero-order valence-corrected chi connectivity index (χ0v) is 12.9. The molecule has 1 aromatic carbocycles. The lowest BCUT2D eigenvalue weighted by atomic mass is 10.1. The lowest BCUT2D eigenvalue weighted by molar-refractivity contribution is -0.385. The van der Waals surface area contributed by atoms with Gasteiger partial charge in [-0.15, -0.1) is 0 Å². The Balaban J connectivity index is 2.50. The maximum absolute atomic E-state index is 12.5. The van der Waals surface area contributed by atoms with Gasteiger partial charge in [-0.05, 0) is 18.9 Å². The Morgan fingerprint density at radius 1 is 1.35 bits per heavy atom. The van der Waals surface area contributed by atoms with Gasteiger partial charge in [0.1, 0.15) is 6.04 Å². The molecule has 0 spiro atoms. The van der Waals surface area contributed by atoms with E-state index in [4.69, 9.17) is 5.11 Å². The van der Waals surface area contributed by atoms with E-state index in [-0.39, 0.29) is 23.4 Å². The Kier molecular flexibility index (Phi) is 4.37. The lowest BCUT2D eigenvalue weighted by Gasteiger charge is -2.21. The molecule has 0 aromatic heterocycles. The normalized spacial score (nSPS) is 18.0. The van der Waals surface area contributed by atoms with E-state index in [1.807, 2.05) is 0 Å². The number of hydrogen-bond acceptors (Lipinski definition) is 6. The summed E-state index contributed by atoms with van der Waals surface area (Å²) in [5.41, 5.74) is -0.755. The molecule has 0 saturated carbocycles. The minimum atomic E-state index is -3.76. The van der Waals surface area contributed by atoms with Gasteiger partial charge in [-0.1, -0.05) is 0 Å². The molecule has 1 N–H and O–H groups in total. The fourth-order valence-electron chi connectivity index (χ4n) is 2.46. The van der Waals surface area contributed by atoms with E-state index in [0.29, 0.717) is 6.42 Å². The van der Waals surface area contributed by atoms with Gasteiger partial charge in [0, 0.05) is 30.5 Å².